The zero-order chi connectivity index (χ0) is 16.2. The molecular weight excluding hydrogens is 326 g/mol. The van der Waals surface area contributed by atoms with Crippen molar-refractivity contribution in [2.75, 3.05) is 33.3 Å². The molecule has 5 nitrogen and oxygen atoms in total. The van der Waals surface area contributed by atoms with Crippen molar-refractivity contribution in [2.24, 2.45) is 0 Å². The minimum absolute atomic E-state index is 0. The molecule has 24 heavy (non-hydrogen) atoms. The van der Waals surface area contributed by atoms with Gasteiger partial charge in [-0.1, -0.05) is 12.1 Å². The lowest BCUT2D eigenvalue weighted by Gasteiger charge is -2.35. The van der Waals surface area contributed by atoms with Gasteiger partial charge >= 0.3 is 0 Å². The van der Waals surface area contributed by atoms with Crippen molar-refractivity contribution >= 4 is 18.3 Å². The molecule has 2 aliphatic rings. The van der Waals surface area contributed by atoms with Crippen LogP contribution in [0, 0.1) is 0 Å². The van der Waals surface area contributed by atoms with E-state index in [2.05, 4.69) is 34.2 Å². The van der Waals surface area contributed by atoms with E-state index in [1.165, 1.54) is 5.56 Å². The topological polar surface area (TPSA) is 44.8 Å². The smallest absolute Gasteiger partial charge is 0.237 e. The second-order valence-corrected chi connectivity index (χ2v) is 6.62. The fourth-order valence-electron chi connectivity index (χ4n) is 3.12. The van der Waals surface area contributed by atoms with Gasteiger partial charge in [-0.2, -0.15) is 0 Å². The standard InChI is InChI=1S/C18H27N3O2.ClH/c1-14-11-19-9-10-20(14)13-18(22)21(16-5-6-16)12-15-3-7-17(23-2)8-4-15;/h3-4,7-8,14,16,19H,5-6,9-13H2,1-2H3;1H/t14-;/m1./s1. The summed E-state index contributed by atoms with van der Waals surface area (Å²) >= 11 is 0. The molecule has 0 unspecified atom stereocenters. The Bertz CT molecular complexity index is 534. The van der Waals surface area contributed by atoms with E-state index in [9.17, 15) is 4.79 Å². The highest BCUT2D eigenvalue weighted by Crippen LogP contribution is 2.29. The summed E-state index contributed by atoms with van der Waals surface area (Å²) in [7, 11) is 1.67. The Kier molecular flexibility index (Phi) is 6.90. The van der Waals surface area contributed by atoms with Crippen LogP contribution in [0.5, 0.6) is 5.75 Å². The highest BCUT2D eigenvalue weighted by Gasteiger charge is 2.33. The second kappa shape index (κ2) is 8.70. The van der Waals surface area contributed by atoms with Gasteiger partial charge in [0, 0.05) is 38.3 Å². The van der Waals surface area contributed by atoms with E-state index in [1.54, 1.807) is 7.11 Å². The molecule has 1 aliphatic heterocycles. The molecule has 1 N–H and O–H groups in total. The van der Waals surface area contributed by atoms with Gasteiger partial charge in [0.25, 0.3) is 0 Å². The summed E-state index contributed by atoms with van der Waals surface area (Å²) in [6.45, 7) is 6.32. The summed E-state index contributed by atoms with van der Waals surface area (Å²) in [5.41, 5.74) is 1.17. The van der Waals surface area contributed by atoms with E-state index < -0.39 is 0 Å². The van der Waals surface area contributed by atoms with E-state index in [0.717, 1.165) is 38.2 Å². The molecule has 0 bridgehead atoms. The number of hydrogen-bond donors (Lipinski definition) is 1. The molecule has 3 rings (SSSR count). The van der Waals surface area contributed by atoms with Crippen LogP contribution < -0.4 is 10.1 Å². The molecule has 1 saturated carbocycles. The van der Waals surface area contributed by atoms with E-state index in [0.29, 0.717) is 25.2 Å². The van der Waals surface area contributed by atoms with Crippen molar-refractivity contribution in [1.82, 2.24) is 15.1 Å². The number of carbonyl (C=O) groups excluding carboxylic acids is 1. The first-order valence-corrected chi connectivity index (χ1v) is 8.54. The first kappa shape index (κ1) is 19.0. The summed E-state index contributed by atoms with van der Waals surface area (Å²) < 4.78 is 5.20. The number of nitrogens with zero attached hydrogens (tertiary/aromatic N) is 2. The van der Waals surface area contributed by atoms with Crippen molar-refractivity contribution in [2.45, 2.75) is 38.4 Å². The van der Waals surface area contributed by atoms with Crippen LogP contribution in [-0.4, -0.2) is 61.1 Å². The SMILES string of the molecule is COc1ccc(CN(C(=O)CN2CCNC[C@H]2C)C2CC2)cc1.Cl. The number of nitrogens with one attached hydrogen (secondary N) is 1. The number of methoxy groups -OCH3 is 1. The lowest BCUT2D eigenvalue weighted by molar-refractivity contribution is -0.134. The zero-order valence-corrected chi connectivity index (χ0v) is 15.3. The number of halogens is 1. The molecule has 1 aromatic rings. The van der Waals surface area contributed by atoms with Crippen molar-refractivity contribution in [3.63, 3.8) is 0 Å². The summed E-state index contributed by atoms with van der Waals surface area (Å²) in [6.07, 6.45) is 2.28. The number of benzene rings is 1. The van der Waals surface area contributed by atoms with Crippen LogP contribution in [-0.2, 0) is 11.3 Å². The Morgan fingerprint density at radius 1 is 1.33 bits per heavy atom. The Labute approximate surface area is 150 Å². The summed E-state index contributed by atoms with van der Waals surface area (Å²) in [4.78, 5) is 17.2. The monoisotopic (exact) mass is 353 g/mol. The van der Waals surface area contributed by atoms with Crippen molar-refractivity contribution in [3.8, 4) is 5.75 Å². The molecule has 1 aromatic carbocycles. The quantitative estimate of drug-likeness (QED) is 0.848. The van der Waals surface area contributed by atoms with Gasteiger partial charge in [0.15, 0.2) is 0 Å². The van der Waals surface area contributed by atoms with Crippen molar-refractivity contribution in [3.05, 3.63) is 29.8 Å². The molecule has 1 atom stereocenters. The third-order valence-electron chi connectivity index (χ3n) is 4.80. The Morgan fingerprint density at radius 2 is 2.04 bits per heavy atom. The first-order chi connectivity index (χ1) is 11.2. The highest BCUT2D eigenvalue weighted by molar-refractivity contribution is 5.85. The molecule has 1 saturated heterocycles. The summed E-state index contributed by atoms with van der Waals surface area (Å²) in [5.74, 6) is 1.12. The van der Waals surface area contributed by atoms with Crippen LogP contribution in [0.1, 0.15) is 25.3 Å². The van der Waals surface area contributed by atoms with Gasteiger partial charge in [-0.15, -0.1) is 12.4 Å². The Morgan fingerprint density at radius 3 is 2.62 bits per heavy atom. The third kappa shape index (κ3) is 4.85. The third-order valence-corrected chi connectivity index (χ3v) is 4.80. The summed E-state index contributed by atoms with van der Waals surface area (Å²) in [6, 6.07) is 8.88. The molecule has 2 fully saturated rings. The molecule has 1 aliphatic carbocycles. The van der Waals surface area contributed by atoms with Gasteiger partial charge in [0.2, 0.25) is 5.91 Å². The zero-order valence-electron chi connectivity index (χ0n) is 14.5. The molecule has 0 aromatic heterocycles. The van der Waals surface area contributed by atoms with Crippen LogP contribution in [0.4, 0.5) is 0 Å². The van der Waals surface area contributed by atoms with E-state index in [1.807, 2.05) is 12.1 Å². The van der Waals surface area contributed by atoms with Gasteiger partial charge in [-0.25, -0.2) is 0 Å². The molecule has 1 amide bonds. The summed E-state index contributed by atoms with van der Waals surface area (Å²) in [5, 5.41) is 3.37. The lowest BCUT2D eigenvalue weighted by Crippen LogP contribution is -2.53. The van der Waals surface area contributed by atoms with Crippen LogP contribution >= 0.6 is 12.4 Å². The lowest BCUT2D eigenvalue weighted by atomic mass is 10.2. The van der Waals surface area contributed by atoms with Gasteiger partial charge < -0.3 is 15.0 Å². The van der Waals surface area contributed by atoms with Gasteiger partial charge in [0.1, 0.15) is 5.75 Å². The predicted octanol–water partition coefficient (Wildman–Crippen LogP) is 1.90. The highest BCUT2D eigenvalue weighted by atomic mass is 35.5. The van der Waals surface area contributed by atoms with E-state index in [-0.39, 0.29) is 18.3 Å². The van der Waals surface area contributed by atoms with Crippen LogP contribution in [0.25, 0.3) is 0 Å². The minimum Gasteiger partial charge on any atom is -0.497 e. The molecule has 0 spiro atoms. The number of carbonyl (C=O) groups is 1. The average molecular weight is 354 g/mol. The Hall–Kier alpha value is -1.30. The molecular formula is C18H28ClN3O2. The normalized spacial score (nSPS) is 21.0. The molecule has 0 radical (unpaired) electrons. The van der Waals surface area contributed by atoms with Gasteiger partial charge in [-0.3, -0.25) is 9.69 Å². The average Bonchev–Trinajstić information content (AvgIpc) is 3.40. The van der Waals surface area contributed by atoms with E-state index in [4.69, 9.17) is 4.74 Å². The fraction of sp³-hybridized carbons (Fsp3) is 0.611. The number of hydrogen-bond acceptors (Lipinski definition) is 4. The maximum atomic E-state index is 12.8. The van der Waals surface area contributed by atoms with Crippen molar-refractivity contribution < 1.29 is 9.53 Å². The maximum absolute atomic E-state index is 12.8. The number of amides is 1. The largest absolute Gasteiger partial charge is 0.497 e. The first-order valence-electron chi connectivity index (χ1n) is 8.54. The molecule has 1 heterocycles. The maximum Gasteiger partial charge on any atom is 0.237 e. The number of rotatable bonds is 6. The number of ether oxygens (including phenoxy) is 1. The molecule has 6 heteroatoms. The van der Waals surface area contributed by atoms with Gasteiger partial charge in [0.05, 0.1) is 13.7 Å². The minimum atomic E-state index is 0. The number of piperazine rings is 1. The second-order valence-electron chi connectivity index (χ2n) is 6.62. The van der Waals surface area contributed by atoms with Crippen LogP contribution in [0.3, 0.4) is 0 Å². The van der Waals surface area contributed by atoms with E-state index >= 15 is 0 Å². The van der Waals surface area contributed by atoms with Crippen molar-refractivity contribution in [1.29, 1.82) is 0 Å². The van der Waals surface area contributed by atoms with Crippen LogP contribution in [0.2, 0.25) is 0 Å². The predicted molar refractivity (Wildman–Crippen MR) is 97.7 cm³/mol. The Balaban J connectivity index is 0.00000208. The molecule has 134 valence electrons. The fourth-order valence-corrected chi connectivity index (χ4v) is 3.12. The van der Waals surface area contributed by atoms with Gasteiger partial charge in [-0.05, 0) is 37.5 Å². The van der Waals surface area contributed by atoms with Crippen LogP contribution in [0.15, 0.2) is 24.3 Å².